The summed E-state index contributed by atoms with van der Waals surface area (Å²) >= 11 is 1.62. The van der Waals surface area contributed by atoms with Gasteiger partial charge >= 0.3 is 0 Å². The Kier molecular flexibility index (Phi) is 4.66. The van der Waals surface area contributed by atoms with Crippen LogP contribution < -0.4 is 10.1 Å². The number of carbonyl (C=O) groups excluding carboxylic acids is 1. The fraction of sp³-hybridized carbons (Fsp3) is 0.238. The Hall–Kier alpha value is -2.73. The maximum absolute atomic E-state index is 12.4. The highest BCUT2D eigenvalue weighted by Gasteiger charge is 2.30. The van der Waals surface area contributed by atoms with E-state index in [2.05, 4.69) is 24.4 Å². The number of aromatic nitrogens is 2. The lowest BCUT2D eigenvalue weighted by Crippen LogP contribution is -2.15. The number of methoxy groups -OCH3 is 1. The van der Waals surface area contributed by atoms with E-state index in [4.69, 9.17) is 9.84 Å². The van der Waals surface area contributed by atoms with Gasteiger partial charge in [-0.1, -0.05) is 29.8 Å². The summed E-state index contributed by atoms with van der Waals surface area (Å²) < 4.78 is 7.11. The zero-order valence-electron chi connectivity index (χ0n) is 15.5. The molecule has 1 unspecified atom stereocenters. The summed E-state index contributed by atoms with van der Waals surface area (Å²) in [6, 6.07) is 16.2. The van der Waals surface area contributed by atoms with Crippen LogP contribution in [0.25, 0.3) is 5.69 Å². The number of nitrogens with one attached hydrogen (secondary N) is 1. The second kappa shape index (κ2) is 7.12. The third kappa shape index (κ3) is 3.32. The fourth-order valence-corrected chi connectivity index (χ4v) is 4.49. The SMILES string of the molecule is COc1ccc(C2SCC(=O)Nc3c2c(C)nn3-c2ccc(C)cc2)cc1. The molecule has 6 heteroatoms. The van der Waals surface area contributed by atoms with Gasteiger partial charge in [0.25, 0.3) is 0 Å². The molecule has 1 aliphatic heterocycles. The first-order valence-electron chi connectivity index (χ1n) is 8.79. The van der Waals surface area contributed by atoms with Crippen LogP contribution in [0.2, 0.25) is 0 Å². The largest absolute Gasteiger partial charge is 0.497 e. The van der Waals surface area contributed by atoms with Gasteiger partial charge < -0.3 is 10.1 Å². The molecule has 1 amide bonds. The first kappa shape index (κ1) is 17.7. The Balaban J connectivity index is 1.84. The number of hydrogen-bond donors (Lipinski definition) is 1. The van der Waals surface area contributed by atoms with E-state index < -0.39 is 0 Å². The summed E-state index contributed by atoms with van der Waals surface area (Å²) in [5, 5.41) is 7.84. The molecule has 27 heavy (non-hydrogen) atoms. The van der Waals surface area contributed by atoms with Crippen molar-refractivity contribution in [1.82, 2.24) is 9.78 Å². The second-order valence-corrected chi connectivity index (χ2v) is 7.70. The van der Waals surface area contributed by atoms with Gasteiger partial charge in [-0.05, 0) is 43.7 Å². The monoisotopic (exact) mass is 379 g/mol. The number of aryl methyl sites for hydroxylation is 2. The number of hydrogen-bond acceptors (Lipinski definition) is 4. The number of benzene rings is 2. The number of nitrogens with zero attached hydrogens (tertiary/aromatic N) is 2. The van der Waals surface area contributed by atoms with Crippen molar-refractivity contribution < 1.29 is 9.53 Å². The lowest BCUT2D eigenvalue weighted by Gasteiger charge is -2.16. The van der Waals surface area contributed by atoms with E-state index in [-0.39, 0.29) is 11.2 Å². The molecule has 138 valence electrons. The average Bonchev–Trinajstić information content (AvgIpc) is 2.88. The Morgan fingerprint density at radius 2 is 1.81 bits per heavy atom. The number of amides is 1. The zero-order chi connectivity index (χ0) is 19.0. The van der Waals surface area contributed by atoms with Crippen LogP contribution in [0.5, 0.6) is 5.75 Å². The van der Waals surface area contributed by atoms with Gasteiger partial charge in [-0.3, -0.25) is 4.79 Å². The summed E-state index contributed by atoms with van der Waals surface area (Å²) in [6.45, 7) is 4.05. The van der Waals surface area contributed by atoms with Crippen LogP contribution in [-0.4, -0.2) is 28.6 Å². The third-order valence-electron chi connectivity index (χ3n) is 4.70. The molecular formula is C21H21N3O2S. The molecule has 0 aliphatic carbocycles. The van der Waals surface area contributed by atoms with E-state index in [1.54, 1.807) is 18.9 Å². The number of thioether (sulfide) groups is 1. The van der Waals surface area contributed by atoms with Gasteiger partial charge in [-0.15, -0.1) is 11.8 Å². The molecule has 2 aromatic carbocycles. The summed E-state index contributed by atoms with van der Waals surface area (Å²) in [6.07, 6.45) is 0. The zero-order valence-corrected chi connectivity index (χ0v) is 16.3. The van der Waals surface area contributed by atoms with E-state index >= 15 is 0 Å². The Morgan fingerprint density at radius 1 is 1.11 bits per heavy atom. The molecule has 0 fully saturated rings. The summed E-state index contributed by atoms with van der Waals surface area (Å²) in [4.78, 5) is 12.4. The highest BCUT2D eigenvalue weighted by molar-refractivity contribution is 8.00. The van der Waals surface area contributed by atoms with Crippen LogP contribution in [0.1, 0.15) is 27.6 Å². The van der Waals surface area contributed by atoms with E-state index in [1.165, 1.54) is 5.56 Å². The first-order chi connectivity index (χ1) is 13.1. The van der Waals surface area contributed by atoms with Crippen LogP contribution in [0.4, 0.5) is 5.82 Å². The predicted molar refractivity (Wildman–Crippen MR) is 109 cm³/mol. The lowest BCUT2D eigenvalue weighted by atomic mass is 10.0. The van der Waals surface area contributed by atoms with Gasteiger partial charge in [0.1, 0.15) is 11.6 Å². The highest BCUT2D eigenvalue weighted by atomic mass is 32.2. The third-order valence-corrected chi connectivity index (χ3v) is 5.97. The van der Waals surface area contributed by atoms with Crippen molar-refractivity contribution in [2.24, 2.45) is 0 Å². The minimum absolute atomic E-state index is 0.00877. The van der Waals surface area contributed by atoms with Gasteiger partial charge in [0, 0.05) is 5.56 Å². The molecule has 0 radical (unpaired) electrons. The summed E-state index contributed by atoms with van der Waals surface area (Å²) in [5.41, 5.74) is 5.22. The Morgan fingerprint density at radius 3 is 2.48 bits per heavy atom. The fourth-order valence-electron chi connectivity index (χ4n) is 3.30. The number of carbonyl (C=O) groups is 1. The molecule has 0 spiro atoms. The minimum Gasteiger partial charge on any atom is -0.497 e. The van der Waals surface area contributed by atoms with Crippen molar-refractivity contribution in [3.05, 3.63) is 70.9 Å². The minimum atomic E-state index is -0.00877. The van der Waals surface area contributed by atoms with Gasteiger partial charge in [-0.2, -0.15) is 5.10 Å². The molecule has 2 heterocycles. The maximum Gasteiger partial charge on any atom is 0.235 e. The van der Waals surface area contributed by atoms with Crippen molar-refractivity contribution in [3.8, 4) is 11.4 Å². The maximum atomic E-state index is 12.4. The lowest BCUT2D eigenvalue weighted by molar-refractivity contribution is -0.113. The smallest absolute Gasteiger partial charge is 0.235 e. The van der Waals surface area contributed by atoms with E-state index in [0.717, 1.165) is 34.1 Å². The van der Waals surface area contributed by atoms with Crippen LogP contribution in [0.15, 0.2) is 48.5 Å². The molecule has 1 atom stereocenters. The number of anilines is 1. The molecule has 4 rings (SSSR count). The van der Waals surface area contributed by atoms with Crippen LogP contribution in [0, 0.1) is 13.8 Å². The van der Waals surface area contributed by atoms with Gasteiger partial charge in [0.2, 0.25) is 5.91 Å². The predicted octanol–water partition coefficient (Wildman–Crippen LogP) is 4.27. The van der Waals surface area contributed by atoms with Crippen molar-refractivity contribution in [3.63, 3.8) is 0 Å². The number of ether oxygens (including phenoxy) is 1. The first-order valence-corrected chi connectivity index (χ1v) is 9.83. The molecule has 0 saturated heterocycles. The molecule has 5 nitrogen and oxygen atoms in total. The van der Waals surface area contributed by atoms with Crippen LogP contribution in [0.3, 0.4) is 0 Å². The number of fused-ring (bicyclic) bond motifs is 1. The summed E-state index contributed by atoms with van der Waals surface area (Å²) in [5.74, 6) is 1.97. The number of rotatable bonds is 3. The standard InChI is InChI=1S/C21H21N3O2S/c1-13-4-8-16(9-5-13)24-21-19(14(2)23-24)20(27-12-18(25)22-21)15-6-10-17(26-3)11-7-15/h4-11,20H,12H2,1-3H3,(H,22,25). The molecule has 3 aromatic rings. The molecule has 0 bridgehead atoms. The highest BCUT2D eigenvalue weighted by Crippen LogP contribution is 2.44. The van der Waals surface area contributed by atoms with E-state index in [0.29, 0.717) is 5.75 Å². The molecule has 0 saturated carbocycles. The average molecular weight is 379 g/mol. The Labute approximate surface area is 162 Å². The van der Waals surface area contributed by atoms with Crippen LogP contribution in [-0.2, 0) is 4.79 Å². The van der Waals surface area contributed by atoms with Crippen molar-refractivity contribution in [1.29, 1.82) is 0 Å². The van der Waals surface area contributed by atoms with Crippen molar-refractivity contribution >= 4 is 23.5 Å². The van der Waals surface area contributed by atoms with Crippen molar-refractivity contribution in [2.75, 3.05) is 18.2 Å². The van der Waals surface area contributed by atoms with Gasteiger partial charge in [0.05, 0.1) is 29.5 Å². The van der Waals surface area contributed by atoms with Gasteiger partial charge in [-0.25, -0.2) is 4.68 Å². The topological polar surface area (TPSA) is 56.1 Å². The van der Waals surface area contributed by atoms with Crippen LogP contribution >= 0.6 is 11.8 Å². The van der Waals surface area contributed by atoms with Gasteiger partial charge in [0.15, 0.2) is 0 Å². The van der Waals surface area contributed by atoms with E-state index in [9.17, 15) is 4.79 Å². The summed E-state index contributed by atoms with van der Waals surface area (Å²) in [7, 11) is 1.66. The molecular weight excluding hydrogens is 358 g/mol. The molecule has 1 N–H and O–H groups in total. The second-order valence-electron chi connectivity index (χ2n) is 6.61. The van der Waals surface area contributed by atoms with Crippen molar-refractivity contribution in [2.45, 2.75) is 19.1 Å². The normalized spacial score (nSPS) is 16.4. The Bertz CT molecular complexity index is 978. The molecule has 1 aliphatic rings. The molecule has 1 aromatic heterocycles. The van der Waals surface area contributed by atoms with E-state index in [1.807, 2.05) is 48.0 Å². The quantitative estimate of drug-likeness (QED) is 0.738.